The zero-order valence-corrected chi connectivity index (χ0v) is 20.3. The first-order valence-corrected chi connectivity index (χ1v) is 14.2. The quantitative estimate of drug-likeness (QED) is 0.487. The number of thiazole rings is 2. The Morgan fingerprint density at radius 1 is 1.09 bits per heavy atom. The standard InChI is InChI=1S/C18H16F3N3O5S4/c1-10-22-14(9-32(2,26)27)16(31-10)13-8-30-17(23-13)24-15(25)7-11-3-5-12(6-4-11)33(28,29)18(19,20)21/h3-6,8H,7,9H2,1-2H3,(H,23,24,25). The van der Waals surface area contributed by atoms with Crippen molar-refractivity contribution < 1.29 is 34.8 Å². The molecule has 0 aliphatic rings. The maximum Gasteiger partial charge on any atom is 0.501 e. The number of nitrogens with one attached hydrogen (secondary N) is 1. The van der Waals surface area contributed by atoms with Crippen LogP contribution in [-0.4, -0.2) is 44.5 Å². The van der Waals surface area contributed by atoms with Crippen LogP contribution in [0.1, 0.15) is 16.3 Å². The molecule has 3 aromatic rings. The second-order valence-corrected chi connectivity index (χ2v) is 13.1. The van der Waals surface area contributed by atoms with Gasteiger partial charge in [0.2, 0.25) is 5.91 Å². The molecule has 178 valence electrons. The molecule has 0 atom stereocenters. The highest BCUT2D eigenvalue weighted by molar-refractivity contribution is 7.92. The van der Waals surface area contributed by atoms with Crippen LogP contribution in [0.4, 0.5) is 18.3 Å². The summed E-state index contributed by atoms with van der Waals surface area (Å²) >= 11 is 2.38. The highest BCUT2D eigenvalue weighted by Crippen LogP contribution is 2.33. The summed E-state index contributed by atoms with van der Waals surface area (Å²) in [5, 5.41) is 5.11. The van der Waals surface area contributed by atoms with E-state index in [4.69, 9.17) is 0 Å². The van der Waals surface area contributed by atoms with Gasteiger partial charge in [-0.2, -0.15) is 13.2 Å². The molecule has 0 fully saturated rings. The number of alkyl halides is 3. The Bertz CT molecular complexity index is 1390. The second kappa shape index (κ2) is 9.12. The number of aryl methyl sites for hydroxylation is 1. The molecule has 0 saturated carbocycles. The summed E-state index contributed by atoms with van der Waals surface area (Å²) in [6.45, 7) is 1.74. The van der Waals surface area contributed by atoms with E-state index in [1.807, 2.05) is 0 Å². The fourth-order valence-corrected chi connectivity index (χ4v) is 5.97. The number of rotatable bonds is 7. The Balaban J connectivity index is 1.70. The first kappa shape index (κ1) is 25.3. The van der Waals surface area contributed by atoms with Crippen molar-refractivity contribution in [3.8, 4) is 10.6 Å². The van der Waals surface area contributed by atoms with Crippen LogP contribution < -0.4 is 5.32 Å². The predicted molar refractivity (Wildman–Crippen MR) is 119 cm³/mol. The lowest BCUT2D eigenvalue weighted by molar-refractivity contribution is -0.115. The number of aromatic nitrogens is 2. The van der Waals surface area contributed by atoms with Crippen molar-refractivity contribution in [3.05, 3.63) is 45.9 Å². The Morgan fingerprint density at radius 2 is 1.73 bits per heavy atom. The fraction of sp³-hybridized carbons (Fsp3) is 0.278. The van der Waals surface area contributed by atoms with Gasteiger partial charge in [0.15, 0.2) is 15.0 Å². The summed E-state index contributed by atoms with van der Waals surface area (Å²) in [5.74, 6) is -0.759. The molecule has 2 aromatic heterocycles. The van der Waals surface area contributed by atoms with E-state index in [0.717, 1.165) is 41.9 Å². The average Bonchev–Trinajstić information content (AvgIpc) is 3.26. The lowest BCUT2D eigenvalue weighted by Crippen LogP contribution is -2.23. The molecule has 15 heteroatoms. The fourth-order valence-electron chi connectivity index (χ4n) is 2.72. The number of carbonyl (C=O) groups excluding carboxylic acids is 1. The Morgan fingerprint density at radius 3 is 2.30 bits per heavy atom. The largest absolute Gasteiger partial charge is 0.501 e. The molecule has 0 radical (unpaired) electrons. The van der Waals surface area contributed by atoms with Gasteiger partial charge in [0.05, 0.1) is 38.3 Å². The van der Waals surface area contributed by atoms with Crippen molar-refractivity contribution in [2.75, 3.05) is 11.6 Å². The van der Waals surface area contributed by atoms with Gasteiger partial charge < -0.3 is 5.32 Å². The topological polar surface area (TPSA) is 123 Å². The van der Waals surface area contributed by atoms with Gasteiger partial charge in [-0.1, -0.05) is 12.1 Å². The van der Waals surface area contributed by atoms with Gasteiger partial charge in [0.1, 0.15) is 0 Å². The lowest BCUT2D eigenvalue weighted by atomic mass is 10.1. The maximum absolute atomic E-state index is 12.6. The van der Waals surface area contributed by atoms with Crippen LogP contribution in [-0.2, 0) is 36.6 Å². The summed E-state index contributed by atoms with van der Waals surface area (Å²) in [7, 11) is -8.77. The van der Waals surface area contributed by atoms with Gasteiger partial charge >= 0.3 is 5.51 Å². The van der Waals surface area contributed by atoms with Gasteiger partial charge in [-0.25, -0.2) is 26.8 Å². The van der Waals surface area contributed by atoms with Gasteiger partial charge in [-0.15, -0.1) is 22.7 Å². The van der Waals surface area contributed by atoms with Gasteiger partial charge in [-0.3, -0.25) is 4.79 Å². The van der Waals surface area contributed by atoms with Crippen molar-refractivity contribution >= 4 is 53.4 Å². The number of anilines is 1. The maximum atomic E-state index is 12.6. The van der Waals surface area contributed by atoms with Gasteiger partial charge in [0.25, 0.3) is 9.84 Å². The van der Waals surface area contributed by atoms with Gasteiger partial charge in [-0.05, 0) is 24.6 Å². The molecule has 33 heavy (non-hydrogen) atoms. The minimum absolute atomic E-state index is 0.222. The van der Waals surface area contributed by atoms with Crippen LogP contribution in [0.5, 0.6) is 0 Å². The number of hydrogen-bond acceptors (Lipinski definition) is 9. The molecule has 2 heterocycles. The molecule has 0 bridgehead atoms. The van der Waals surface area contributed by atoms with Crippen molar-refractivity contribution in [1.29, 1.82) is 0 Å². The number of benzene rings is 1. The van der Waals surface area contributed by atoms with Crippen LogP contribution in [0.2, 0.25) is 0 Å². The Hall–Kier alpha value is -2.36. The van der Waals surface area contributed by atoms with Crippen molar-refractivity contribution in [2.24, 2.45) is 0 Å². The summed E-state index contributed by atoms with van der Waals surface area (Å²) < 4.78 is 83.9. The van der Waals surface area contributed by atoms with E-state index >= 15 is 0 Å². The molecule has 0 spiro atoms. The summed E-state index contributed by atoms with van der Waals surface area (Å²) in [6.07, 6.45) is 0.878. The van der Waals surface area contributed by atoms with Crippen LogP contribution >= 0.6 is 22.7 Å². The molecule has 1 amide bonds. The smallest absolute Gasteiger partial charge is 0.302 e. The molecular formula is C18H16F3N3O5S4. The zero-order chi connectivity index (χ0) is 24.6. The third-order valence-corrected chi connectivity index (χ3v) is 8.18. The van der Waals surface area contributed by atoms with Crippen molar-refractivity contribution in [1.82, 2.24) is 9.97 Å². The molecule has 8 nitrogen and oxygen atoms in total. The van der Waals surface area contributed by atoms with E-state index < -0.39 is 36.0 Å². The second-order valence-electron chi connectivity index (χ2n) is 6.93. The first-order chi connectivity index (χ1) is 15.2. The summed E-state index contributed by atoms with van der Waals surface area (Å²) in [5.41, 5.74) is -4.27. The monoisotopic (exact) mass is 539 g/mol. The third kappa shape index (κ3) is 6.16. The van der Waals surface area contributed by atoms with E-state index in [-0.39, 0.29) is 17.3 Å². The molecule has 0 unspecified atom stereocenters. The number of carbonyl (C=O) groups is 1. The van der Waals surface area contributed by atoms with Crippen molar-refractivity contribution in [3.63, 3.8) is 0 Å². The van der Waals surface area contributed by atoms with E-state index in [9.17, 15) is 34.8 Å². The lowest BCUT2D eigenvalue weighted by Gasteiger charge is -2.08. The third-order valence-electron chi connectivity index (χ3n) is 4.09. The van der Waals surface area contributed by atoms with Crippen LogP contribution in [0.25, 0.3) is 10.6 Å². The minimum atomic E-state index is -5.46. The van der Waals surface area contributed by atoms with Crippen molar-refractivity contribution in [2.45, 2.75) is 29.5 Å². The molecular weight excluding hydrogens is 523 g/mol. The molecule has 0 saturated heterocycles. The molecule has 3 rings (SSSR count). The Labute approximate surface area is 195 Å². The number of nitrogens with zero attached hydrogens (tertiary/aromatic N) is 2. The summed E-state index contributed by atoms with van der Waals surface area (Å²) in [4.78, 5) is 20.5. The van der Waals surface area contributed by atoms with E-state index in [2.05, 4.69) is 15.3 Å². The highest BCUT2D eigenvalue weighted by atomic mass is 32.2. The average molecular weight is 540 g/mol. The Kier molecular flexibility index (Phi) is 6.98. The van der Waals surface area contributed by atoms with Gasteiger partial charge in [0, 0.05) is 11.6 Å². The number of sulfone groups is 2. The van der Waals surface area contributed by atoms with Crippen LogP contribution in [0, 0.1) is 6.92 Å². The van der Waals surface area contributed by atoms with Crippen LogP contribution in [0.3, 0.4) is 0 Å². The number of halogens is 3. The predicted octanol–water partition coefficient (Wildman–Crippen LogP) is 3.59. The van der Waals surface area contributed by atoms with E-state index in [0.29, 0.717) is 26.8 Å². The minimum Gasteiger partial charge on any atom is -0.302 e. The molecule has 1 N–H and O–H groups in total. The number of hydrogen-bond donors (Lipinski definition) is 1. The highest BCUT2D eigenvalue weighted by Gasteiger charge is 2.46. The molecule has 0 aliphatic carbocycles. The SMILES string of the molecule is Cc1nc(CS(C)(=O)=O)c(-c2csc(NC(=O)Cc3ccc(S(=O)(=O)C(F)(F)F)cc3)n2)s1. The first-order valence-electron chi connectivity index (χ1n) is 8.96. The van der Waals surface area contributed by atoms with E-state index in [1.165, 1.54) is 11.3 Å². The summed E-state index contributed by atoms with van der Waals surface area (Å²) in [6, 6.07) is 3.84. The number of amides is 1. The van der Waals surface area contributed by atoms with Crippen LogP contribution in [0.15, 0.2) is 34.5 Å². The molecule has 0 aliphatic heterocycles. The van der Waals surface area contributed by atoms with E-state index in [1.54, 1.807) is 12.3 Å². The zero-order valence-electron chi connectivity index (χ0n) is 17.0. The molecule has 1 aromatic carbocycles. The normalized spacial score (nSPS) is 12.6.